The zero-order chi connectivity index (χ0) is 20.2. The Morgan fingerprint density at radius 3 is 2.76 bits per heavy atom. The molecule has 29 heavy (non-hydrogen) atoms. The van der Waals surface area contributed by atoms with Crippen molar-refractivity contribution in [1.29, 1.82) is 0 Å². The number of carbonyl (C=O) groups is 1. The molecule has 0 spiro atoms. The lowest BCUT2D eigenvalue weighted by Gasteiger charge is -2.18. The van der Waals surface area contributed by atoms with Gasteiger partial charge in [0, 0.05) is 25.3 Å². The van der Waals surface area contributed by atoms with Gasteiger partial charge in [0.15, 0.2) is 6.10 Å². The number of hydrogen-bond acceptors (Lipinski definition) is 4. The summed E-state index contributed by atoms with van der Waals surface area (Å²) in [5.74, 6) is 0.693. The minimum atomic E-state index is -0.633. The molecule has 0 aliphatic carbocycles. The fraction of sp³-hybridized carbons (Fsp3) is 0.250. The van der Waals surface area contributed by atoms with Crippen LogP contribution in [-0.2, 0) is 16.0 Å². The van der Waals surface area contributed by atoms with E-state index >= 15 is 0 Å². The maximum Gasteiger partial charge on any atom is 0.253 e. The van der Waals surface area contributed by atoms with Gasteiger partial charge in [-0.1, -0.05) is 48.5 Å². The van der Waals surface area contributed by atoms with Crippen molar-refractivity contribution in [1.82, 2.24) is 10.3 Å². The van der Waals surface area contributed by atoms with Crippen molar-refractivity contribution >= 4 is 5.91 Å². The van der Waals surface area contributed by atoms with Crippen molar-refractivity contribution in [3.05, 3.63) is 83.6 Å². The molecular weight excluding hydrogens is 364 g/mol. The molecule has 0 bridgehead atoms. The second-order valence-electron chi connectivity index (χ2n) is 7.18. The van der Waals surface area contributed by atoms with Gasteiger partial charge in [-0.05, 0) is 35.7 Å². The quantitative estimate of drug-likeness (QED) is 0.697. The number of para-hydroxylation sites is 1. The molecule has 5 heteroatoms. The smallest absolute Gasteiger partial charge is 0.253 e. The van der Waals surface area contributed by atoms with Crippen LogP contribution in [0.25, 0.3) is 11.3 Å². The average molecular weight is 388 g/mol. The van der Waals surface area contributed by atoms with E-state index in [-0.39, 0.29) is 12.0 Å². The first-order valence-electron chi connectivity index (χ1n) is 9.73. The average Bonchev–Trinajstić information content (AvgIpc) is 3.17. The van der Waals surface area contributed by atoms with Gasteiger partial charge in [0.05, 0.1) is 12.2 Å². The second kappa shape index (κ2) is 8.45. The SMILES string of the molecule is CO[C@H](C(=O)NC[C@@H]1Cc2cccc(-c3ncccc3C)c2O1)c1ccccc1. The van der Waals surface area contributed by atoms with Gasteiger partial charge in [0.1, 0.15) is 11.9 Å². The second-order valence-corrected chi connectivity index (χ2v) is 7.18. The van der Waals surface area contributed by atoms with E-state index in [1.807, 2.05) is 61.5 Å². The fourth-order valence-electron chi connectivity index (χ4n) is 3.74. The lowest BCUT2D eigenvalue weighted by molar-refractivity contribution is -0.131. The number of rotatable bonds is 6. The van der Waals surface area contributed by atoms with Crippen molar-refractivity contribution in [2.24, 2.45) is 0 Å². The van der Waals surface area contributed by atoms with Gasteiger partial charge in [0.25, 0.3) is 5.91 Å². The Morgan fingerprint density at radius 2 is 2.00 bits per heavy atom. The highest BCUT2D eigenvalue weighted by Crippen LogP contribution is 2.38. The Kier molecular flexibility index (Phi) is 5.58. The van der Waals surface area contributed by atoms with Crippen LogP contribution in [0.4, 0.5) is 0 Å². The predicted molar refractivity (Wildman–Crippen MR) is 112 cm³/mol. The van der Waals surface area contributed by atoms with Gasteiger partial charge in [-0.3, -0.25) is 9.78 Å². The van der Waals surface area contributed by atoms with Crippen LogP contribution < -0.4 is 10.1 Å². The number of nitrogens with one attached hydrogen (secondary N) is 1. The summed E-state index contributed by atoms with van der Waals surface area (Å²) in [7, 11) is 1.54. The molecule has 1 aromatic heterocycles. The standard InChI is InChI=1S/C24H24N2O3/c1-16-8-7-13-25-21(16)20-12-6-11-18-14-19(29-22(18)20)15-26-24(27)23(28-2)17-9-4-3-5-10-17/h3-13,19,23H,14-15H2,1-2H3,(H,26,27)/t19-,23-/m0/s1. The summed E-state index contributed by atoms with van der Waals surface area (Å²) in [6.45, 7) is 2.46. The molecule has 0 saturated carbocycles. The van der Waals surface area contributed by atoms with E-state index in [2.05, 4.69) is 16.4 Å². The van der Waals surface area contributed by atoms with Gasteiger partial charge < -0.3 is 14.8 Å². The van der Waals surface area contributed by atoms with Crippen molar-refractivity contribution in [2.75, 3.05) is 13.7 Å². The molecule has 3 aromatic rings. The number of benzene rings is 2. The Bertz CT molecular complexity index is 1000. The van der Waals surface area contributed by atoms with Crippen molar-refractivity contribution in [2.45, 2.75) is 25.6 Å². The van der Waals surface area contributed by atoms with Crippen molar-refractivity contribution < 1.29 is 14.3 Å². The molecule has 0 fully saturated rings. The van der Waals surface area contributed by atoms with Crippen LogP contribution in [0.15, 0.2) is 66.9 Å². The van der Waals surface area contributed by atoms with E-state index in [1.165, 1.54) is 0 Å². The minimum Gasteiger partial charge on any atom is -0.487 e. The summed E-state index contributed by atoms with van der Waals surface area (Å²) in [6, 6.07) is 19.6. The van der Waals surface area contributed by atoms with Crippen LogP contribution in [0.5, 0.6) is 5.75 Å². The molecule has 1 N–H and O–H groups in total. The van der Waals surface area contributed by atoms with E-state index in [4.69, 9.17) is 9.47 Å². The number of aryl methyl sites for hydroxylation is 1. The summed E-state index contributed by atoms with van der Waals surface area (Å²) in [5, 5.41) is 2.98. The molecule has 5 nitrogen and oxygen atoms in total. The number of methoxy groups -OCH3 is 1. The van der Waals surface area contributed by atoms with Crippen LogP contribution in [0.1, 0.15) is 22.8 Å². The topological polar surface area (TPSA) is 60.5 Å². The molecule has 0 unspecified atom stereocenters. The summed E-state index contributed by atoms with van der Waals surface area (Å²) >= 11 is 0. The highest BCUT2D eigenvalue weighted by Gasteiger charge is 2.28. The lowest BCUT2D eigenvalue weighted by atomic mass is 10.0. The summed E-state index contributed by atoms with van der Waals surface area (Å²) in [6.07, 6.45) is 1.79. The molecule has 0 radical (unpaired) electrons. The Labute approximate surface area is 170 Å². The zero-order valence-electron chi connectivity index (χ0n) is 16.6. The molecular formula is C24H24N2O3. The largest absolute Gasteiger partial charge is 0.487 e. The summed E-state index contributed by atoms with van der Waals surface area (Å²) in [4.78, 5) is 17.2. The number of aromatic nitrogens is 1. The first-order valence-corrected chi connectivity index (χ1v) is 9.73. The van der Waals surface area contributed by atoms with Crippen molar-refractivity contribution in [3.8, 4) is 17.0 Å². The molecule has 2 heterocycles. The third-order valence-electron chi connectivity index (χ3n) is 5.17. The van der Waals surface area contributed by atoms with Gasteiger partial charge >= 0.3 is 0 Å². The fourth-order valence-corrected chi connectivity index (χ4v) is 3.74. The number of carbonyl (C=O) groups excluding carboxylic acids is 1. The number of fused-ring (bicyclic) bond motifs is 1. The molecule has 2 aromatic carbocycles. The lowest BCUT2D eigenvalue weighted by Crippen LogP contribution is -2.37. The highest BCUT2D eigenvalue weighted by atomic mass is 16.5. The van der Waals surface area contributed by atoms with Crippen LogP contribution in [0.2, 0.25) is 0 Å². The Hall–Kier alpha value is -3.18. The van der Waals surface area contributed by atoms with Gasteiger partial charge in [0.2, 0.25) is 0 Å². The predicted octanol–water partition coefficient (Wildman–Crippen LogP) is 3.86. The van der Waals surface area contributed by atoms with Gasteiger partial charge in [-0.2, -0.15) is 0 Å². The summed E-state index contributed by atoms with van der Waals surface area (Å²) in [5.41, 5.74) is 4.99. The maximum absolute atomic E-state index is 12.6. The van der Waals surface area contributed by atoms with Crippen molar-refractivity contribution in [3.63, 3.8) is 0 Å². The number of hydrogen-bond donors (Lipinski definition) is 1. The first-order chi connectivity index (χ1) is 14.2. The molecule has 0 saturated heterocycles. The summed E-state index contributed by atoms with van der Waals surface area (Å²) < 4.78 is 11.6. The zero-order valence-corrected chi connectivity index (χ0v) is 16.6. The monoisotopic (exact) mass is 388 g/mol. The van der Waals surface area contributed by atoms with E-state index in [9.17, 15) is 4.79 Å². The maximum atomic E-state index is 12.6. The third kappa shape index (κ3) is 4.00. The number of pyridine rings is 1. The van der Waals surface area contributed by atoms with Crippen LogP contribution in [0, 0.1) is 6.92 Å². The van der Waals surface area contributed by atoms with Crippen LogP contribution >= 0.6 is 0 Å². The Morgan fingerprint density at radius 1 is 1.17 bits per heavy atom. The Balaban J connectivity index is 1.45. The molecule has 1 aliphatic heterocycles. The molecule has 1 aliphatic rings. The van der Waals surface area contributed by atoms with Crippen LogP contribution in [0.3, 0.4) is 0 Å². The van der Waals surface area contributed by atoms with Gasteiger partial charge in [-0.15, -0.1) is 0 Å². The number of amides is 1. The minimum absolute atomic E-state index is 0.118. The highest BCUT2D eigenvalue weighted by molar-refractivity contribution is 5.82. The normalized spacial score (nSPS) is 16.0. The van der Waals surface area contributed by atoms with E-state index in [1.54, 1.807) is 13.3 Å². The molecule has 1 amide bonds. The van der Waals surface area contributed by atoms with Crippen LogP contribution in [-0.4, -0.2) is 30.6 Å². The van der Waals surface area contributed by atoms with E-state index in [0.717, 1.165) is 40.1 Å². The van der Waals surface area contributed by atoms with E-state index < -0.39 is 6.10 Å². The molecule has 148 valence electrons. The number of nitrogens with zero attached hydrogens (tertiary/aromatic N) is 1. The third-order valence-corrected chi connectivity index (χ3v) is 5.17. The first kappa shape index (κ1) is 19.2. The number of ether oxygens (including phenoxy) is 2. The van der Waals surface area contributed by atoms with Gasteiger partial charge in [-0.25, -0.2) is 0 Å². The molecule has 4 rings (SSSR count). The molecule has 2 atom stereocenters. The van der Waals surface area contributed by atoms with E-state index in [0.29, 0.717) is 6.54 Å².